The molecule has 0 atom stereocenters. The Hall–Kier alpha value is -3.61. The Balaban J connectivity index is 1.74. The average molecular weight is 454 g/mol. The third-order valence-corrected chi connectivity index (χ3v) is 6.02. The molecule has 174 valence electrons. The molecule has 34 heavy (non-hydrogen) atoms. The SMILES string of the molecule is CCCCCCc1ccc(-c2nc(-c3ncc(C)c(C)n3)nc(-c3ncc(C)c(C)n3)n2)cc1. The van der Waals surface area contributed by atoms with Crippen LogP contribution in [0.4, 0.5) is 0 Å². The number of aryl methyl sites for hydroxylation is 5. The number of hydrogen-bond donors (Lipinski definition) is 0. The summed E-state index contributed by atoms with van der Waals surface area (Å²) in [6.45, 7) is 10.1. The molecule has 4 aromatic rings. The average Bonchev–Trinajstić information content (AvgIpc) is 2.85. The van der Waals surface area contributed by atoms with Gasteiger partial charge in [0, 0.05) is 29.3 Å². The highest BCUT2D eigenvalue weighted by molar-refractivity contribution is 5.61. The van der Waals surface area contributed by atoms with Crippen molar-refractivity contribution in [2.24, 2.45) is 0 Å². The second-order valence-corrected chi connectivity index (χ2v) is 8.74. The van der Waals surface area contributed by atoms with Crippen molar-refractivity contribution in [1.29, 1.82) is 0 Å². The molecular formula is C27H31N7. The molecule has 3 aromatic heterocycles. The lowest BCUT2D eigenvalue weighted by Crippen LogP contribution is -2.06. The monoisotopic (exact) mass is 453 g/mol. The van der Waals surface area contributed by atoms with Crippen LogP contribution in [0.5, 0.6) is 0 Å². The summed E-state index contributed by atoms with van der Waals surface area (Å²) < 4.78 is 0. The third kappa shape index (κ3) is 5.47. The smallest absolute Gasteiger partial charge is 0.201 e. The van der Waals surface area contributed by atoms with Gasteiger partial charge < -0.3 is 0 Å². The number of unbranched alkanes of at least 4 members (excludes halogenated alkanes) is 3. The molecule has 4 rings (SSSR count). The van der Waals surface area contributed by atoms with Crippen LogP contribution in [0.1, 0.15) is 60.7 Å². The summed E-state index contributed by atoms with van der Waals surface area (Å²) in [5.74, 6) is 2.30. The van der Waals surface area contributed by atoms with Gasteiger partial charge in [-0.15, -0.1) is 0 Å². The van der Waals surface area contributed by atoms with Crippen LogP contribution in [0.15, 0.2) is 36.7 Å². The van der Waals surface area contributed by atoms with Gasteiger partial charge in [-0.2, -0.15) is 0 Å². The Morgan fingerprint density at radius 2 is 1.09 bits per heavy atom. The van der Waals surface area contributed by atoms with Crippen LogP contribution < -0.4 is 0 Å². The van der Waals surface area contributed by atoms with Crippen molar-refractivity contribution in [3.05, 3.63) is 64.7 Å². The first-order valence-electron chi connectivity index (χ1n) is 11.9. The number of hydrogen-bond acceptors (Lipinski definition) is 7. The molecule has 0 aliphatic rings. The summed E-state index contributed by atoms with van der Waals surface area (Å²) in [5.41, 5.74) is 6.06. The summed E-state index contributed by atoms with van der Waals surface area (Å²) in [4.78, 5) is 32.2. The summed E-state index contributed by atoms with van der Waals surface area (Å²) in [6.07, 6.45) is 9.68. The van der Waals surface area contributed by atoms with E-state index in [1.54, 1.807) is 12.4 Å². The van der Waals surface area contributed by atoms with E-state index in [1.165, 1.54) is 31.2 Å². The van der Waals surface area contributed by atoms with E-state index < -0.39 is 0 Å². The zero-order valence-corrected chi connectivity index (χ0v) is 20.6. The van der Waals surface area contributed by atoms with Gasteiger partial charge in [0.15, 0.2) is 17.5 Å². The van der Waals surface area contributed by atoms with E-state index in [-0.39, 0.29) is 0 Å². The molecule has 0 N–H and O–H groups in total. The third-order valence-electron chi connectivity index (χ3n) is 6.02. The molecule has 0 aliphatic heterocycles. The fourth-order valence-electron chi connectivity index (χ4n) is 3.55. The highest BCUT2D eigenvalue weighted by atomic mass is 15.1. The van der Waals surface area contributed by atoms with Crippen LogP contribution in [0, 0.1) is 27.7 Å². The second-order valence-electron chi connectivity index (χ2n) is 8.74. The Kier molecular flexibility index (Phi) is 7.30. The summed E-state index contributed by atoms with van der Waals surface area (Å²) in [6, 6.07) is 8.45. The second kappa shape index (κ2) is 10.5. The van der Waals surface area contributed by atoms with Crippen molar-refractivity contribution >= 4 is 0 Å². The molecule has 0 bridgehead atoms. The molecule has 0 aliphatic carbocycles. The largest absolute Gasteiger partial charge is 0.233 e. The summed E-state index contributed by atoms with van der Waals surface area (Å²) in [7, 11) is 0. The van der Waals surface area contributed by atoms with Crippen LogP contribution in [0.25, 0.3) is 34.7 Å². The molecule has 0 radical (unpaired) electrons. The Labute approximate surface area is 201 Å². The minimum Gasteiger partial charge on any atom is -0.233 e. The maximum Gasteiger partial charge on any atom is 0.201 e. The van der Waals surface area contributed by atoms with Gasteiger partial charge in [-0.1, -0.05) is 50.5 Å². The topological polar surface area (TPSA) is 90.2 Å². The Morgan fingerprint density at radius 1 is 0.559 bits per heavy atom. The predicted molar refractivity (Wildman–Crippen MR) is 134 cm³/mol. The van der Waals surface area contributed by atoms with Gasteiger partial charge in [0.05, 0.1) is 0 Å². The maximum atomic E-state index is 4.72. The van der Waals surface area contributed by atoms with Crippen molar-refractivity contribution in [3.8, 4) is 34.7 Å². The van der Waals surface area contributed by atoms with Gasteiger partial charge in [0.1, 0.15) is 0 Å². The van der Waals surface area contributed by atoms with Crippen molar-refractivity contribution in [2.75, 3.05) is 0 Å². The number of benzene rings is 1. The van der Waals surface area contributed by atoms with Gasteiger partial charge in [0.25, 0.3) is 0 Å². The molecule has 1 aromatic carbocycles. The molecule has 7 nitrogen and oxygen atoms in total. The molecule has 0 spiro atoms. The van der Waals surface area contributed by atoms with Gasteiger partial charge in [-0.05, 0) is 57.2 Å². The van der Waals surface area contributed by atoms with E-state index in [2.05, 4.69) is 56.1 Å². The highest BCUT2D eigenvalue weighted by Gasteiger charge is 2.16. The lowest BCUT2D eigenvalue weighted by atomic mass is 10.0. The first-order chi connectivity index (χ1) is 16.4. The van der Waals surface area contributed by atoms with Crippen molar-refractivity contribution in [2.45, 2.75) is 66.7 Å². The normalized spacial score (nSPS) is 11.1. The van der Waals surface area contributed by atoms with Crippen LogP contribution in [-0.2, 0) is 6.42 Å². The van der Waals surface area contributed by atoms with E-state index in [9.17, 15) is 0 Å². The number of aromatic nitrogens is 7. The Morgan fingerprint density at radius 3 is 1.59 bits per heavy atom. The van der Waals surface area contributed by atoms with Crippen LogP contribution >= 0.6 is 0 Å². The zero-order chi connectivity index (χ0) is 24.1. The van der Waals surface area contributed by atoms with Crippen molar-refractivity contribution in [1.82, 2.24) is 34.9 Å². The van der Waals surface area contributed by atoms with Crippen molar-refractivity contribution in [3.63, 3.8) is 0 Å². The predicted octanol–water partition coefficient (Wildman–Crippen LogP) is 5.81. The van der Waals surface area contributed by atoms with E-state index >= 15 is 0 Å². The van der Waals surface area contributed by atoms with Gasteiger partial charge in [0.2, 0.25) is 11.6 Å². The van der Waals surface area contributed by atoms with Crippen LogP contribution in [-0.4, -0.2) is 34.9 Å². The van der Waals surface area contributed by atoms with Crippen LogP contribution in [0.2, 0.25) is 0 Å². The number of nitrogens with zero attached hydrogens (tertiary/aromatic N) is 7. The lowest BCUT2D eigenvalue weighted by molar-refractivity contribution is 0.667. The molecule has 0 unspecified atom stereocenters. The van der Waals surface area contributed by atoms with Gasteiger partial charge >= 0.3 is 0 Å². The molecule has 0 saturated carbocycles. The quantitative estimate of drug-likeness (QED) is 0.311. The van der Waals surface area contributed by atoms with E-state index in [0.29, 0.717) is 29.1 Å². The Bertz CT molecular complexity index is 1210. The van der Waals surface area contributed by atoms with E-state index in [0.717, 1.165) is 34.5 Å². The lowest BCUT2D eigenvalue weighted by Gasteiger charge is -2.09. The minimum atomic E-state index is 0.411. The fraction of sp³-hybridized carbons (Fsp3) is 0.370. The standard InChI is InChI=1S/C27H31N7/c1-6-7-8-9-10-21-11-13-22(14-12-21)23-32-26(24-28-15-17(2)19(4)30-24)34-27(33-23)25-29-16-18(3)20(5)31-25/h11-16H,6-10H2,1-5H3. The molecule has 0 amide bonds. The molecule has 0 fully saturated rings. The number of rotatable bonds is 8. The van der Waals surface area contributed by atoms with E-state index in [1.807, 2.05) is 27.7 Å². The first kappa shape index (κ1) is 23.5. The highest BCUT2D eigenvalue weighted by Crippen LogP contribution is 2.23. The fourth-order valence-corrected chi connectivity index (χ4v) is 3.55. The first-order valence-corrected chi connectivity index (χ1v) is 11.9. The van der Waals surface area contributed by atoms with Crippen molar-refractivity contribution < 1.29 is 0 Å². The molecule has 7 heteroatoms. The zero-order valence-electron chi connectivity index (χ0n) is 20.6. The van der Waals surface area contributed by atoms with E-state index in [4.69, 9.17) is 9.97 Å². The molecule has 3 heterocycles. The summed E-state index contributed by atoms with van der Waals surface area (Å²) >= 11 is 0. The minimum absolute atomic E-state index is 0.411. The van der Waals surface area contributed by atoms with Gasteiger partial charge in [-0.25, -0.2) is 34.9 Å². The van der Waals surface area contributed by atoms with Crippen LogP contribution in [0.3, 0.4) is 0 Å². The molecular weight excluding hydrogens is 422 g/mol. The molecule has 0 saturated heterocycles. The maximum absolute atomic E-state index is 4.72. The van der Waals surface area contributed by atoms with Gasteiger partial charge in [-0.3, -0.25) is 0 Å². The summed E-state index contributed by atoms with van der Waals surface area (Å²) in [5, 5.41) is 0.